The fourth-order valence-corrected chi connectivity index (χ4v) is 4.00. The van der Waals surface area contributed by atoms with Crippen molar-refractivity contribution in [1.82, 2.24) is 9.55 Å². The Morgan fingerprint density at radius 1 is 1.24 bits per heavy atom. The summed E-state index contributed by atoms with van der Waals surface area (Å²) in [6.45, 7) is -1.00. The maximum Gasteiger partial charge on any atom is 0.481 e. The standard InChI is InChI=1S/C12H23N3O12P2/c1-8(15-4-2-11(18)14-12(15)19)26-10(9(17)6-16)7-25-29(22,23)27-28(20,21)24-5-3-13/h2,4,8-10,16-17H,3,5-7,13H2,1H3,(H,20,21)(H,22,23)(H,14,18,19). The van der Waals surface area contributed by atoms with Crippen molar-refractivity contribution in [1.29, 1.82) is 0 Å². The van der Waals surface area contributed by atoms with Crippen molar-refractivity contribution in [3.05, 3.63) is 33.1 Å². The van der Waals surface area contributed by atoms with E-state index < -0.39 is 65.2 Å². The van der Waals surface area contributed by atoms with E-state index in [0.29, 0.717) is 0 Å². The lowest BCUT2D eigenvalue weighted by Crippen LogP contribution is -2.40. The van der Waals surface area contributed by atoms with Gasteiger partial charge in [-0.05, 0) is 6.92 Å². The van der Waals surface area contributed by atoms with Crippen molar-refractivity contribution >= 4 is 15.6 Å². The van der Waals surface area contributed by atoms with Gasteiger partial charge in [0.15, 0.2) is 0 Å². The van der Waals surface area contributed by atoms with E-state index in [1.807, 2.05) is 4.98 Å². The van der Waals surface area contributed by atoms with Gasteiger partial charge >= 0.3 is 21.3 Å². The summed E-state index contributed by atoms with van der Waals surface area (Å²) >= 11 is 0. The second kappa shape index (κ2) is 11.2. The van der Waals surface area contributed by atoms with Gasteiger partial charge in [0.2, 0.25) is 0 Å². The highest BCUT2D eigenvalue weighted by Crippen LogP contribution is 2.60. The van der Waals surface area contributed by atoms with E-state index in [9.17, 15) is 33.6 Å². The molecule has 1 heterocycles. The molecule has 0 aliphatic carbocycles. The highest BCUT2D eigenvalue weighted by atomic mass is 31.3. The van der Waals surface area contributed by atoms with Crippen molar-refractivity contribution in [2.75, 3.05) is 26.4 Å². The van der Waals surface area contributed by atoms with Crippen molar-refractivity contribution < 1.29 is 47.2 Å². The number of aromatic nitrogens is 2. The van der Waals surface area contributed by atoms with Gasteiger partial charge in [0, 0.05) is 18.8 Å². The number of rotatable bonds is 13. The minimum absolute atomic E-state index is 0.162. The number of phosphoric ester groups is 2. The molecule has 7 N–H and O–H groups in total. The maximum atomic E-state index is 11.8. The molecule has 29 heavy (non-hydrogen) atoms. The number of ether oxygens (including phenoxy) is 1. The Morgan fingerprint density at radius 2 is 1.86 bits per heavy atom. The molecular weight excluding hydrogens is 440 g/mol. The van der Waals surface area contributed by atoms with Crippen LogP contribution in [-0.2, 0) is 27.2 Å². The van der Waals surface area contributed by atoms with Crippen LogP contribution in [0.4, 0.5) is 0 Å². The lowest BCUT2D eigenvalue weighted by Gasteiger charge is -2.27. The first-order valence-corrected chi connectivity index (χ1v) is 11.0. The summed E-state index contributed by atoms with van der Waals surface area (Å²) in [5.74, 6) is 0. The van der Waals surface area contributed by atoms with Crippen molar-refractivity contribution in [2.45, 2.75) is 25.4 Å². The summed E-state index contributed by atoms with van der Waals surface area (Å²) in [6, 6.07) is 1.03. The van der Waals surface area contributed by atoms with Crippen molar-refractivity contribution in [3.8, 4) is 0 Å². The number of hydrogen-bond acceptors (Lipinski definition) is 11. The molecule has 0 bridgehead atoms. The Labute approximate surface area is 163 Å². The molecule has 0 aliphatic heterocycles. The molecule has 0 fully saturated rings. The molecule has 0 spiro atoms. The molecule has 168 valence electrons. The quantitative estimate of drug-likeness (QED) is 0.174. The van der Waals surface area contributed by atoms with Gasteiger partial charge in [-0.2, -0.15) is 4.31 Å². The van der Waals surface area contributed by atoms with E-state index in [1.165, 1.54) is 6.92 Å². The monoisotopic (exact) mass is 463 g/mol. The van der Waals surface area contributed by atoms with Crippen LogP contribution in [0.5, 0.6) is 0 Å². The van der Waals surface area contributed by atoms with Gasteiger partial charge in [-0.1, -0.05) is 0 Å². The molecule has 0 saturated carbocycles. The van der Waals surface area contributed by atoms with Gasteiger partial charge in [0.05, 0.1) is 19.8 Å². The Hall–Kier alpha value is -1.22. The molecule has 15 nitrogen and oxygen atoms in total. The van der Waals surface area contributed by atoms with Crippen LogP contribution in [0.15, 0.2) is 21.9 Å². The van der Waals surface area contributed by atoms with E-state index in [0.717, 1.165) is 16.8 Å². The van der Waals surface area contributed by atoms with Gasteiger partial charge in [-0.15, -0.1) is 0 Å². The number of nitrogens with two attached hydrogens (primary N) is 1. The lowest BCUT2D eigenvalue weighted by atomic mass is 10.2. The van der Waals surface area contributed by atoms with Crippen molar-refractivity contribution in [2.24, 2.45) is 5.73 Å². The first-order chi connectivity index (χ1) is 13.4. The van der Waals surface area contributed by atoms with Crippen molar-refractivity contribution in [3.63, 3.8) is 0 Å². The second-order valence-electron chi connectivity index (χ2n) is 5.48. The molecule has 5 atom stereocenters. The topological polar surface area (TPSA) is 233 Å². The molecule has 0 radical (unpaired) electrons. The zero-order valence-corrected chi connectivity index (χ0v) is 17.0. The fraction of sp³-hybridized carbons (Fsp3) is 0.667. The molecule has 0 aromatic carbocycles. The van der Waals surface area contributed by atoms with Gasteiger partial charge in [0.25, 0.3) is 5.56 Å². The molecule has 0 aliphatic rings. The number of aliphatic hydroxyl groups is 2. The minimum Gasteiger partial charge on any atom is -0.394 e. The zero-order chi connectivity index (χ0) is 22.2. The smallest absolute Gasteiger partial charge is 0.394 e. The van der Waals surface area contributed by atoms with Gasteiger partial charge in [-0.3, -0.25) is 23.4 Å². The average Bonchev–Trinajstić information content (AvgIpc) is 2.61. The SMILES string of the molecule is CC(OC(COP(=O)(O)OP(=O)(O)OCCN)C(O)CO)n1ccc(=O)[nH]c1=O. The average molecular weight is 463 g/mol. The third-order valence-corrected chi connectivity index (χ3v) is 5.85. The predicted octanol–water partition coefficient (Wildman–Crippen LogP) is -2.00. The zero-order valence-electron chi connectivity index (χ0n) is 15.2. The van der Waals surface area contributed by atoms with Crippen LogP contribution >= 0.6 is 15.6 Å². The van der Waals surface area contributed by atoms with Crippen LogP contribution in [0, 0.1) is 0 Å². The Morgan fingerprint density at radius 3 is 2.41 bits per heavy atom. The van der Waals surface area contributed by atoms with Crippen LogP contribution in [-0.4, -0.2) is 68.1 Å². The Kier molecular flexibility index (Phi) is 10.0. The molecular formula is C12H23N3O12P2. The maximum absolute atomic E-state index is 11.8. The molecule has 0 amide bonds. The summed E-state index contributed by atoms with van der Waals surface area (Å²) in [4.78, 5) is 43.7. The number of aliphatic hydroxyl groups excluding tert-OH is 2. The van der Waals surface area contributed by atoms with E-state index >= 15 is 0 Å². The summed E-state index contributed by atoms with van der Waals surface area (Å²) in [7, 11) is -10.1. The second-order valence-corrected chi connectivity index (χ2v) is 8.52. The minimum atomic E-state index is -5.16. The summed E-state index contributed by atoms with van der Waals surface area (Å²) < 4.78 is 42.5. The molecule has 0 saturated heterocycles. The first-order valence-electron chi connectivity index (χ1n) is 8.02. The number of aromatic amines is 1. The molecule has 1 aromatic heterocycles. The highest BCUT2D eigenvalue weighted by molar-refractivity contribution is 7.61. The number of H-pyrrole nitrogens is 1. The molecule has 1 aromatic rings. The largest absolute Gasteiger partial charge is 0.481 e. The number of nitrogens with zero attached hydrogens (tertiary/aromatic N) is 1. The van der Waals surface area contributed by atoms with Crippen LogP contribution < -0.4 is 17.0 Å². The number of phosphoric acid groups is 2. The summed E-state index contributed by atoms with van der Waals surface area (Å²) in [5.41, 5.74) is 3.58. The van der Waals surface area contributed by atoms with Crippen LogP contribution in [0.3, 0.4) is 0 Å². The summed E-state index contributed by atoms with van der Waals surface area (Å²) in [6.07, 6.45) is -3.14. The number of nitrogens with one attached hydrogen (secondary N) is 1. The Balaban J connectivity index is 2.83. The van der Waals surface area contributed by atoms with Gasteiger partial charge in [-0.25, -0.2) is 13.9 Å². The van der Waals surface area contributed by atoms with Crippen LogP contribution in [0.1, 0.15) is 13.2 Å². The normalized spacial score (nSPS) is 19.1. The van der Waals surface area contributed by atoms with E-state index in [2.05, 4.69) is 13.4 Å². The lowest BCUT2D eigenvalue weighted by molar-refractivity contribution is -0.126. The highest BCUT2D eigenvalue weighted by Gasteiger charge is 2.37. The third kappa shape index (κ3) is 8.99. The van der Waals surface area contributed by atoms with Gasteiger partial charge < -0.3 is 30.5 Å². The summed E-state index contributed by atoms with van der Waals surface area (Å²) in [5, 5.41) is 18.9. The molecule has 17 heteroatoms. The molecule has 1 rings (SSSR count). The Bertz CT molecular complexity index is 857. The van der Waals surface area contributed by atoms with E-state index in [4.69, 9.17) is 15.6 Å². The van der Waals surface area contributed by atoms with E-state index in [-0.39, 0.29) is 6.54 Å². The fourth-order valence-electron chi connectivity index (χ4n) is 1.90. The number of hydrogen-bond donors (Lipinski definition) is 6. The third-order valence-electron chi connectivity index (χ3n) is 3.21. The van der Waals surface area contributed by atoms with Crippen LogP contribution in [0.2, 0.25) is 0 Å². The van der Waals surface area contributed by atoms with E-state index in [1.54, 1.807) is 0 Å². The molecule has 5 unspecified atom stereocenters. The van der Waals surface area contributed by atoms with Crippen LogP contribution in [0.25, 0.3) is 0 Å². The van der Waals surface area contributed by atoms with Gasteiger partial charge in [0.1, 0.15) is 18.4 Å². The first kappa shape index (κ1) is 25.8. The predicted molar refractivity (Wildman–Crippen MR) is 95.7 cm³/mol.